The number of nitrogens with zero attached hydrogens (tertiary/aromatic N) is 8. The zero-order valence-corrected chi connectivity index (χ0v) is 15.3. The number of rotatable bonds is 2. The number of anilines is 2. The van der Waals surface area contributed by atoms with Crippen LogP contribution in [-0.4, -0.2) is 55.7 Å². The molecule has 2 aliphatic heterocycles. The molecule has 0 N–H and O–H groups in total. The fraction of sp³-hybridized carbons (Fsp3) is 0.500. The summed E-state index contributed by atoms with van der Waals surface area (Å²) in [5.74, 6) is 4.14. The Morgan fingerprint density at radius 1 is 0.885 bits per heavy atom. The van der Waals surface area contributed by atoms with Crippen LogP contribution in [0.2, 0.25) is 0 Å². The smallest absolute Gasteiger partial charge is 0.254 e. The van der Waals surface area contributed by atoms with E-state index in [4.69, 9.17) is 0 Å². The van der Waals surface area contributed by atoms with Gasteiger partial charge >= 0.3 is 0 Å². The lowest BCUT2D eigenvalue weighted by atomic mass is 10.0. The highest BCUT2D eigenvalue weighted by molar-refractivity contribution is 5.52. The van der Waals surface area contributed by atoms with Gasteiger partial charge in [0.25, 0.3) is 5.78 Å². The van der Waals surface area contributed by atoms with E-state index in [-0.39, 0.29) is 0 Å². The summed E-state index contributed by atoms with van der Waals surface area (Å²) >= 11 is 0. The van der Waals surface area contributed by atoms with Crippen LogP contribution in [0.4, 0.5) is 11.6 Å². The fourth-order valence-electron chi connectivity index (χ4n) is 4.33. The first-order valence-electron chi connectivity index (χ1n) is 9.05. The molecule has 0 saturated carbocycles. The number of hydrogen-bond acceptors (Lipinski definition) is 7. The van der Waals surface area contributed by atoms with Crippen molar-refractivity contribution < 1.29 is 0 Å². The molecule has 2 atom stereocenters. The fourth-order valence-corrected chi connectivity index (χ4v) is 4.33. The molecular weight excluding hydrogens is 328 g/mol. The van der Waals surface area contributed by atoms with Crippen molar-refractivity contribution in [1.82, 2.24) is 29.5 Å². The van der Waals surface area contributed by atoms with Crippen molar-refractivity contribution in [3.05, 3.63) is 35.7 Å². The lowest BCUT2D eigenvalue weighted by molar-refractivity contribution is 0.533. The molecule has 0 amide bonds. The molecule has 8 nitrogen and oxygen atoms in total. The monoisotopic (exact) mass is 350 g/mol. The second-order valence-corrected chi connectivity index (χ2v) is 7.47. The van der Waals surface area contributed by atoms with Crippen molar-refractivity contribution >= 4 is 17.4 Å². The van der Waals surface area contributed by atoms with Gasteiger partial charge in [-0.15, -0.1) is 0 Å². The lowest BCUT2D eigenvalue weighted by Gasteiger charge is -2.25. The van der Waals surface area contributed by atoms with E-state index in [1.807, 2.05) is 18.4 Å². The largest absolute Gasteiger partial charge is 0.356 e. The van der Waals surface area contributed by atoms with Crippen LogP contribution in [0.1, 0.15) is 17.0 Å². The van der Waals surface area contributed by atoms with Gasteiger partial charge in [-0.3, -0.25) is 0 Å². The topological polar surface area (TPSA) is 75.3 Å². The van der Waals surface area contributed by atoms with Crippen LogP contribution in [0.5, 0.6) is 0 Å². The molecule has 3 aromatic heterocycles. The van der Waals surface area contributed by atoms with Gasteiger partial charge < -0.3 is 9.80 Å². The highest BCUT2D eigenvalue weighted by atomic mass is 15.4. The summed E-state index contributed by atoms with van der Waals surface area (Å²) in [7, 11) is 0. The van der Waals surface area contributed by atoms with Crippen molar-refractivity contribution in [2.45, 2.75) is 20.8 Å². The molecule has 8 heteroatoms. The summed E-state index contributed by atoms with van der Waals surface area (Å²) in [6, 6.07) is 2.11. The van der Waals surface area contributed by atoms with Gasteiger partial charge in [-0.2, -0.15) is 14.6 Å². The average Bonchev–Trinajstić information content (AvgIpc) is 3.30. The summed E-state index contributed by atoms with van der Waals surface area (Å²) in [4.78, 5) is 22.4. The van der Waals surface area contributed by atoms with Crippen LogP contribution in [0, 0.1) is 32.6 Å². The van der Waals surface area contributed by atoms with Crippen molar-refractivity contribution in [2.24, 2.45) is 11.8 Å². The van der Waals surface area contributed by atoms with Crippen molar-refractivity contribution in [3.63, 3.8) is 0 Å². The predicted octanol–water partition coefficient (Wildman–Crippen LogP) is 1.41. The first-order chi connectivity index (χ1) is 12.6. The molecule has 2 aliphatic rings. The number of aromatic nitrogens is 6. The van der Waals surface area contributed by atoms with Crippen LogP contribution in [0.15, 0.2) is 18.7 Å². The Hall–Kier alpha value is -2.77. The minimum atomic E-state index is 0.636. The van der Waals surface area contributed by atoms with E-state index in [0.717, 1.165) is 49.2 Å². The highest BCUT2D eigenvalue weighted by Gasteiger charge is 2.41. The van der Waals surface area contributed by atoms with Crippen LogP contribution >= 0.6 is 0 Å². The lowest BCUT2D eigenvalue weighted by Crippen LogP contribution is -2.31. The summed E-state index contributed by atoms with van der Waals surface area (Å²) < 4.78 is 1.85. The summed E-state index contributed by atoms with van der Waals surface area (Å²) in [5.41, 5.74) is 3.24. The Bertz CT molecular complexity index is 966. The van der Waals surface area contributed by atoms with Crippen molar-refractivity contribution in [3.8, 4) is 0 Å². The molecule has 26 heavy (non-hydrogen) atoms. The van der Waals surface area contributed by atoms with E-state index < -0.39 is 0 Å². The summed E-state index contributed by atoms with van der Waals surface area (Å²) in [5, 5.41) is 4.36. The maximum absolute atomic E-state index is 4.54. The summed E-state index contributed by atoms with van der Waals surface area (Å²) in [6.45, 7) is 10.3. The van der Waals surface area contributed by atoms with Gasteiger partial charge in [0.15, 0.2) is 0 Å². The molecule has 3 aromatic rings. The minimum absolute atomic E-state index is 0.636. The molecule has 2 unspecified atom stereocenters. The molecule has 0 radical (unpaired) electrons. The van der Waals surface area contributed by atoms with Gasteiger partial charge in [-0.1, -0.05) is 0 Å². The second kappa shape index (κ2) is 5.62. The van der Waals surface area contributed by atoms with E-state index in [2.05, 4.69) is 47.8 Å². The molecule has 2 fully saturated rings. The predicted molar refractivity (Wildman–Crippen MR) is 98.4 cm³/mol. The third-order valence-corrected chi connectivity index (χ3v) is 5.78. The Morgan fingerprint density at radius 2 is 1.62 bits per heavy atom. The Morgan fingerprint density at radius 3 is 2.38 bits per heavy atom. The normalized spacial score (nSPS) is 22.4. The second-order valence-electron chi connectivity index (χ2n) is 7.47. The Kier molecular flexibility index (Phi) is 3.35. The first-order valence-corrected chi connectivity index (χ1v) is 9.05. The maximum Gasteiger partial charge on any atom is 0.254 e. The van der Waals surface area contributed by atoms with Crippen molar-refractivity contribution in [1.29, 1.82) is 0 Å². The third-order valence-electron chi connectivity index (χ3n) is 5.78. The van der Waals surface area contributed by atoms with Gasteiger partial charge in [-0.05, 0) is 20.8 Å². The Labute approximate surface area is 151 Å². The molecule has 0 bridgehead atoms. The van der Waals surface area contributed by atoms with Gasteiger partial charge in [-0.25, -0.2) is 15.0 Å². The molecule has 5 heterocycles. The number of aryl methyl sites for hydroxylation is 2. The highest BCUT2D eigenvalue weighted by Crippen LogP contribution is 2.36. The van der Waals surface area contributed by atoms with Crippen LogP contribution < -0.4 is 9.80 Å². The maximum atomic E-state index is 4.54. The molecule has 2 saturated heterocycles. The standard InChI is InChI=1S/C18H22N8/c1-11-4-16(26-18(23-11)21-10-22-26)24-5-14-7-25(8-15(14)6-24)17-12(2)13(3)19-9-20-17/h4,9-10,14-15H,5-8H2,1-3H3. The zero-order chi connectivity index (χ0) is 17.8. The van der Waals surface area contributed by atoms with E-state index >= 15 is 0 Å². The van der Waals surface area contributed by atoms with Crippen LogP contribution in [0.3, 0.4) is 0 Å². The van der Waals surface area contributed by atoms with Crippen LogP contribution in [0.25, 0.3) is 5.78 Å². The SMILES string of the molecule is Cc1cc(N2CC3CN(c4ncnc(C)c4C)CC3C2)n2ncnc2n1. The van der Waals surface area contributed by atoms with E-state index in [1.54, 1.807) is 12.7 Å². The zero-order valence-electron chi connectivity index (χ0n) is 15.3. The minimum Gasteiger partial charge on any atom is -0.356 e. The molecule has 5 rings (SSSR count). The number of fused-ring (bicyclic) bond motifs is 2. The van der Waals surface area contributed by atoms with E-state index in [1.165, 1.54) is 5.56 Å². The number of hydrogen-bond donors (Lipinski definition) is 0. The van der Waals surface area contributed by atoms with E-state index in [0.29, 0.717) is 17.6 Å². The molecular formula is C18H22N8. The van der Waals surface area contributed by atoms with Gasteiger partial charge in [0, 0.05) is 61.0 Å². The van der Waals surface area contributed by atoms with Gasteiger partial charge in [0.1, 0.15) is 24.3 Å². The van der Waals surface area contributed by atoms with Crippen LogP contribution in [-0.2, 0) is 0 Å². The molecule has 0 spiro atoms. The molecule has 0 aliphatic carbocycles. The summed E-state index contributed by atoms with van der Waals surface area (Å²) in [6.07, 6.45) is 3.25. The van der Waals surface area contributed by atoms with E-state index in [9.17, 15) is 0 Å². The van der Waals surface area contributed by atoms with Gasteiger partial charge in [0.2, 0.25) is 0 Å². The molecule has 0 aromatic carbocycles. The first kappa shape index (κ1) is 15.5. The average molecular weight is 350 g/mol. The molecule has 134 valence electrons. The van der Waals surface area contributed by atoms with Crippen molar-refractivity contribution in [2.75, 3.05) is 36.0 Å². The van der Waals surface area contributed by atoms with Gasteiger partial charge in [0.05, 0.1) is 0 Å². The third kappa shape index (κ3) is 2.32. The quantitative estimate of drug-likeness (QED) is 0.692. The Balaban J connectivity index is 1.39.